The van der Waals surface area contributed by atoms with E-state index in [9.17, 15) is 4.79 Å². The highest BCUT2D eigenvalue weighted by molar-refractivity contribution is 6.39. The third-order valence-corrected chi connectivity index (χ3v) is 4.69. The third-order valence-electron chi connectivity index (χ3n) is 4.29. The Balaban J connectivity index is 1.68. The number of halogens is 1. The van der Waals surface area contributed by atoms with E-state index in [0.29, 0.717) is 39.5 Å². The van der Waals surface area contributed by atoms with Gasteiger partial charge < -0.3 is 10.3 Å². The Kier molecular flexibility index (Phi) is 4.37. The molecular formula is C19H17ClN6O. The van der Waals surface area contributed by atoms with Crippen molar-refractivity contribution in [2.45, 2.75) is 20.4 Å². The minimum Gasteiger partial charge on any atom is -0.351 e. The molecule has 0 atom stereocenters. The number of nitrogens with zero attached hydrogens (tertiary/aromatic N) is 4. The van der Waals surface area contributed by atoms with Crippen LogP contribution >= 0.6 is 11.6 Å². The van der Waals surface area contributed by atoms with Crippen molar-refractivity contribution in [2.75, 3.05) is 5.32 Å². The first-order valence-corrected chi connectivity index (χ1v) is 8.78. The standard InChI is InChI=1S/C19H17ClN6O/c1-11-3-5-13(6-4-11)24-19(27)15-8-22-18-16(17(15)20)12(2)25-26(18)9-14-7-21-10-23-14/h3-8,10H,9H2,1-2H3,(H,21,23)(H,24,27). The molecule has 0 radical (unpaired) electrons. The number of rotatable bonds is 4. The topological polar surface area (TPSA) is 88.5 Å². The number of aromatic amines is 1. The van der Waals surface area contributed by atoms with E-state index in [4.69, 9.17) is 11.6 Å². The first-order chi connectivity index (χ1) is 13.0. The van der Waals surface area contributed by atoms with Crippen LogP contribution in [-0.4, -0.2) is 30.6 Å². The molecule has 2 N–H and O–H groups in total. The van der Waals surface area contributed by atoms with E-state index in [1.807, 2.05) is 38.1 Å². The average Bonchev–Trinajstić information content (AvgIpc) is 3.26. The van der Waals surface area contributed by atoms with E-state index >= 15 is 0 Å². The molecule has 27 heavy (non-hydrogen) atoms. The van der Waals surface area contributed by atoms with E-state index in [-0.39, 0.29) is 5.91 Å². The molecule has 0 spiro atoms. The molecule has 4 aromatic rings. The lowest BCUT2D eigenvalue weighted by Gasteiger charge is -2.08. The van der Waals surface area contributed by atoms with Crippen LogP contribution in [0.15, 0.2) is 43.0 Å². The van der Waals surface area contributed by atoms with Gasteiger partial charge in [-0.1, -0.05) is 29.3 Å². The molecule has 0 aliphatic carbocycles. The van der Waals surface area contributed by atoms with Crippen LogP contribution < -0.4 is 5.32 Å². The van der Waals surface area contributed by atoms with Crippen LogP contribution in [0.5, 0.6) is 0 Å². The fourth-order valence-corrected chi connectivity index (χ4v) is 3.27. The molecule has 4 rings (SSSR count). The number of aryl methyl sites for hydroxylation is 2. The number of imidazole rings is 1. The first kappa shape index (κ1) is 17.2. The van der Waals surface area contributed by atoms with Crippen LogP contribution in [0.4, 0.5) is 5.69 Å². The number of aromatic nitrogens is 5. The Labute approximate surface area is 160 Å². The largest absolute Gasteiger partial charge is 0.351 e. The summed E-state index contributed by atoms with van der Waals surface area (Å²) in [5, 5.41) is 8.37. The maximum Gasteiger partial charge on any atom is 0.258 e. The van der Waals surface area contributed by atoms with E-state index in [1.165, 1.54) is 6.20 Å². The second-order valence-corrected chi connectivity index (χ2v) is 6.69. The van der Waals surface area contributed by atoms with Crippen molar-refractivity contribution in [1.82, 2.24) is 24.7 Å². The quantitative estimate of drug-likeness (QED) is 0.564. The van der Waals surface area contributed by atoms with Gasteiger partial charge in [-0.3, -0.25) is 4.79 Å². The fraction of sp³-hybridized carbons (Fsp3) is 0.158. The smallest absolute Gasteiger partial charge is 0.258 e. The number of amides is 1. The summed E-state index contributed by atoms with van der Waals surface area (Å²) < 4.78 is 1.73. The lowest BCUT2D eigenvalue weighted by molar-refractivity contribution is 0.102. The van der Waals surface area contributed by atoms with Crippen LogP contribution in [-0.2, 0) is 6.54 Å². The zero-order valence-corrected chi connectivity index (χ0v) is 15.6. The second-order valence-electron chi connectivity index (χ2n) is 6.31. The van der Waals surface area contributed by atoms with Gasteiger partial charge >= 0.3 is 0 Å². The molecule has 0 bridgehead atoms. The van der Waals surface area contributed by atoms with E-state index in [1.54, 1.807) is 17.2 Å². The van der Waals surface area contributed by atoms with Crippen molar-refractivity contribution < 1.29 is 4.79 Å². The van der Waals surface area contributed by atoms with Gasteiger partial charge in [0.25, 0.3) is 5.91 Å². The number of pyridine rings is 1. The zero-order valence-electron chi connectivity index (χ0n) is 14.8. The number of anilines is 1. The first-order valence-electron chi connectivity index (χ1n) is 8.40. The molecule has 8 heteroatoms. The fourth-order valence-electron chi connectivity index (χ4n) is 2.91. The van der Waals surface area contributed by atoms with E-state index in [0.717, 1.165) is 11.3 Å². The highest BCUT2D eigenvalue weighted by Crippen LogP contribution is 2.29. The molecule has 3 heterocycles. The van der Waals surface area contributed by atoms with Gasteiger partial charge in [0.05, 0.1) is 40.2 Å². The summed E-state index contributed by atoms with van der Waals surface area (Å²) in [6.45, 7) is 4.30. The number of carbonyl (C=O) groups excluding carboxylic acids is 1. The minimum atomic E-state index is -0.308. The summed E-state index contributed by atoms with van der Waals surface area (Å²) in [6.07, 6.45) is 4.89. The lowest BCUT2D eigenvalue weighted by atomic mass is 10.2. The van der Waals surface area contributed by atoms with Crippen LogP contribution in [0.2, 0.25) is 5.02 Å². The molecule has 3 aromatic heterocycles. The van der Waals surface area contributed by atoms with Gasteiger partial charge in [-0.25, -0.2) is 14.6 Å². The molecule has 7 nitrogen and oxygen atoms in total. The number of fused-ring (bicyclic) bond motifs is 1. The molecule has 0 saturated heterocycles. The zero-order chi connectivity index (χ0) is 19.0. The summed E-state index contributed by atoms with van der Waals surface area (Å²) in [6, 6.07) is 7.56. The summed E-state index contributed by atoms with van der Waals surface area (Å²) in [7, 11) is 0. The number of hydrogen-bond acceptors (Lipinski definition) is 4. The average molecular weight is 381 g/mol. The van der Waals surface area contributed by atoms with Gasteiger partial charge in [0, 0.05) is 18.1 Å². The van der Waals surface area contributed by atoms with Gasteiger partial charge in [-0.05, 0) is 26.0 Å². The van der Waals surface area contributed by atoms with Gasteiger partial charge in [-0.2, -0.15) is 5.10 Å². The van der Waals surface area contributed by atoms with Crippen LogP contribution in [0, 0.1) is 13.8 Å². The van der Waals surface area contributed by atoms with Crippen LogP contribution in [0.1, 0.15) is 27.3 Å². The SMILES string of the molecule is Cc1ccc(NC(=O)c2cnc3c(c(C)nn3Cc3c[nH]cn3)c2Cl)cc1. The highest BCUT2D eigenvalue weighted by Gasteiger charge is 2.19. The second kappa shape index (κ2) is 6.85. The lowest BCUT2D eigenvalue weighted by Crippen LogP contribution is -2.13. The predicted molar refractivity (Wildman–Crippen MR) is 104 cm³/mol. The Morgan fingerprint density at radius 1 is 1.22 bits per heavy atom. The van der Waals surface area contributed by atoms with Gasteiger partial charge in [-0.15, -0.1) is 0 Å². The molecule has 1 amide bonds. The van der Waals surface area contributed by atoms with Crippen molar-refractivity contribution in [3.05, 3.63) is 70.5 Å². The Bertz CT molecular complexity index is 1120. The molecule has 0 aliphatic heterocycles. The van der Waals surface area contributed by atoms with Crippen molar-refractivity contribution >= 4 is 34.2 Å². The highest BCUT2D eigenvalue weighted by atomic mass is 35.5. The molecular weight excluding hydrogens is 364 g/mol. The van der Waals surface area contributed by atoms with Crippen LogP contribution in [0.25, 0.3) is 11.0 Å². The number of benzene rings is 1. The number of hydrogen-bond donors (Lipinski definition) is 2. The van der Waals surface area contributed by atoms with E-state index < -0.39 is 0 Å². The summed E-state index contributed by atoms with van der Waals surface area (Å²) in [4.78, 5) is 24.2. The molecule has 0 unspecified atom stereocenters. The summed E-state index contributed by atoms with van der Waals surface area (Å²) in [5.41, 5.74) is 4.29. The Hall–Kier alpha value is -3.19. The molecule has 0 saturated carbocycles. The van der Waals surface area contributed by atoms with Crippen molar-refractivity contribution in [3.8, 4) is 0 Å². The Morgan fingerprint density at radius 2 is 2.00 bits per heavy atom. The molecule has 0 fully saturated rings. The van der Waals surface area contributed by atoms with Crippen molar-refractivity contribution in [1.29, 1.82) is 0 Å². The maximum atomic E-state index is 12.7. The van der Waals surface area contributed by atoms with E-state index in [2.05, 4.69) is 25.4 Å². The van der Waals surface area contributed by atoms with Gasteiger partial charge in [0.2, 0.25) is 0 Å². The number of carbonyl (C=O) groups is 1. The molecule has 0 aliphatic rings. The maximum absolute atomic E-state index is 12.7. The summed E-state index contributed by atoms with van der Waals surface area (Å²) in [5.74, 6) is -0.308. The van der Waals surface area contributed by atoms with Crippen molar-refractivity contribution in [2.24, 2.45) is 0 Å². The number of nitrogens with one attached hydrogen (secondary N) is 2. The Morgan fingerprint density at radius 3 is 2.70 bits per heavy atom. The monoisotopic (exact) mass is 380 g/mol. The third kappa shape index (κ3) is 3.29. The van der Waals surface area contributed by atoms with Gasteiger partial charge in [0.15, 0.2) is 5.65 Å². The van der Waals surface area contributed by atoms with Crippen molar-refractivity contribution in [3.63, 3.8) is 0 Å². The molecule has 136 valence electrons. The van der Waals surface area contributed by atoms with Gasteiger partial charge in [0.1, 0.15) is 0 Å². The number of H-pyrrole nitrogens is 1. The normalized spacial score (nSPS) is 11.1. The van der Waals surface area contributed by atoms with Crippen LogP contribution in [0.3, 0.4) is 0 Å². The predicted octanol–water partition coefficient (Wildman–Crippen LogP) is 3.73. The minimum absolute atomic E-state index is 0.308. The molecule has 1 aromatic carbocycles. The summed E-state index contributed by atoms with van der Waals surface area (Å²) >= 11 is 6.55.